The molecule has 80 valence electrons. The van der Waals surface area contributed by atoms with E-state index in [1.165, 1.54) is 11.3 Å². The highest BCUT2D eigenvalue weighted by Crippen LogP contribution is 2.45. The van der Waals surface area contributed by atoms with Crippen molar-refractivity contribution >= 4 is 54.7 Å². The van der Waals surface area contributed by atoms with Gasteiger partial charge in [0.15, 0.2) is 5.75 Å². The van der Waals surface area contributed by atoms with Crippen LogP contribution >= 0.6 is 34.5 Å². The third kappa shape index (κ3) is 1.31. The first kappa shape index (κ1) is 10.2. The average molecular weight is 269 g/mol. The van der Waals surface area contributed by atoms with E-state index in [2.05, 4.69) is 0 Å². The van der Waals surface area contributed by atoms with Gasteiger partial charge in [0.2, 0.25) is 0 Å². The van der Waals surface area contributed by atoms with Crippen molar-refractivity contribution in [3.63, 3.8) is 0 Å². The molecule has 3 rings (SSSR count). The molecule has 4 heteroatoms. The molecule has 1 heterocycles. The van der Waals surface area contributed by atoms with Gasteiger partial charge in [0.1, 0.15) is 0 Å². The molecule has 0 saturated heterocycles. The molecule has 0 amide bonds. The van der Waals surface area contributed by atoms with Gasteiger partial charge in [0.25, 0.3) is 0 Å². The fourth-order valence-electron chi connectivity index (χ4n) is 1.81. The van der Waals surface area contributed by atoms with Crippen LogP contribution in [0, 0.1) is 0 Å². The Morgan fingerprint density at radius 1 is 1.06 bits per heavy atom. The number of rotatable bonds is 0. The molecule has 16 heavy (non-hydrogen) atoms. The number of phenolic OH excluding ortho intramolecular Hbond substituents is 1. The molecule has 1 nitrogen and oxygen atoms in total. The zero-order valence-electron chi connectivity index (χ0n) is 8.00. The first-order chi connectivity index (χ1) is 7.68. The summed E-state index contributed by atoms with van der Waals surface area (Å²) in [6.45, 7) is 0. The summed E-state index contributed by atoms with van der Waals surface area (Å²) in [4.78, 5) is 0. The molecule has 0 atom stereocenters. The van der Waals surface area contributed by atoms with Gasteiger partial charge >= 0.3 is 0 Å². The number of fused-ring (bicyclic) bond motifs is 3. The summed E-state index contributed by atoms with van der Waals surface area (Å²) >= 11 is 13.6. The lowest BCUT2D eigenvalue weighted by Crippen LogP contribution is -1.72. The number of hydrogen-bond acceptors (Lipinski definition) is 2. The van der Waals surface area contributed by atoms with Crippen LogP contribution in [0.15, 0.2) is 30.3 Å². The smallest absolute Gasteiger partial charge is 0.152 e. The molecule has 2 aromatic carbocycles. The van der Waals surface area contributed by atoms with E-state index in [1.807, 2.05) is 24.3 Å². The summed E-state index contributed by atoms with van der Waals surface area (Å²) in [5.41, 5.74) is 0. The molecule has 0 fully saturated rings. The van der Waals surface area contributed by atoms with Gasteiger partial charge in [0.05, 0.1) is 14.7 Å². The minimum atomic E-state index is 0.113. The highest BCUT2D eigenvalue weighted by molar-refractivity contribution is 7.26. The van der Waals surface area contributed by atoms with Crippen LogP contribution in [0.25, 0.3) is 20.2 Å². The van der Waals surface area contributed by atoms with Gasteiger partial charge in [-0.05, 0) is 12.1 Å². The Labute approximate surface area is 106 Å². The lowest BCUT2D eigenvalue weighted by Gasteiger charge is -2.00. The van der Waals surface area contributed by atoms with Crippen molar-refractivity contribution in [3.05, 3.63) is 40.4 Å². The Kier molecular flexibility index (Phi) is 2.25. The maximum Gasteiger partial charge on any atom is 0.152 e. The molecule has 0 bridgehead atoms. The van der Waals surface area contributed by atoms with Crippen molar-refractivity contribution in [3.8, 4) is 5.75 Å². The Hall–Kier alpha value is -0.960. The van der Waals surface area contributed by atoms with E-state index in [9.17, 15) is 5.11 Å². The number of halogens is 2. The van der Waals surface area contributed by atoms with Gasteiger partial charge in [-0.1, -0.05) is 41.4 Å². The monoisotopic (exact) mass is 268 g/mol. The maximum absolute atomic E-state index is 9.90. The minimum absolute atomic E-state index is 0.113. The van der Waals surface area contributed by atoms with Crippen LogP contribution in [0.2, 0.25) is 10.0 Å². The molecular formula is C12H6Cl2OS. The topological polar surface area (TPSA) is 20.2 Å². The fourth-order valence-corrected chi connectivity index (χ4v) is 3.66. The second kappa shape index (κ2) is 3.52. The second-order valence-corrected chi connectivity index (χ2v) is 5.36. The van der Waals surface area contributed by atoms with Gasteiger partial charge in [-0.2, -0.15) is 0 Å². The van der Waals surface area contributed by atoms with Crippen molar-refractivity contribution in [1.29, 1.82) is 0 Å². The Bertz CT molecular complexity index is 703. The standard InChI is InChI=1S/C12H6Cl2OS/c13-7-5-8(14)11(15)12-10(7)6-3-1-2-4-9(6)16-12/h1-5,15H. The SMILES string of the molecule is Oc1c(Cl)cc(Cl)c2c1sc1ccccc12. The minimum Gasteiger partial charge on any atom is -0.505 e. The van der Waals surface area contributed by atoms with Gasteiger partial charge in [0, 0.05) is 15.5 Å². The normalized spacial score (nSPS) is 11.4. The third-order valence-electron chi connectivity index (χ3n) is 2.53. The van der Waals surface area contributed by atoms with Crippen LogP contribution in [-0.4, -0.2) is 5.11 Å². The van der Waals surface area contributed by atoms with E-state index < -0.39 is 0 Å². The molecular weight excluding hydrogens is 263 g/mol. The van der Waals surface area contributed by atoms with E-state index in [0.717, 1.165) is 20.2 Å². The second-order valence-electron chi connectivity index (χ2n) is 3.49. The largest absolute Gasteiger partial charge is 0.505 e. The molecule has 0 radical (unpaired) electrons. The molecule has 0 aliphatic carbocycles. The Balaban J connectivity index is 2.64. The van der Waals surface area contributed by atoms with Crippen LogP contribution in [-0.2, 0) is 0 Å². The molecule has 1 aromatic heterocycles. The predicted molar refractivity (Wildman–Crippen MR) is 71.0 cm³/mol. The molecule has 0 spiro atoms. The summed E-state index contributed by atoms with van der Waals surface area (Å²) in [6.07, 6.45) is 0. The summed E-state index contributed by atoms with van der Waals surface area (Å²) in [5.74, 6) is 0.113. The Morgan fingerprint density at radius 2 is 1.81 bits per heavy atom. The summed E-state index contributed by atoms with van der Waals surface area (Å²) in [7, 11) is 0. The number of benzene rings is 2. The van der Waals surface area contributed by atoms with Crippen molar-refractivity contribution in [2.75, 3.05) is 0 Å². The first-order valence-electron chi connectivity index (χ1n) is 4.66. The van der Waals surface area contributed by atoms with Gasteiger partial charge in [-0.25, -0.2) is 0 Å². The van der Waals surface area contributed by atoms with Crippen molar-refractivity contribution in [2.45, 2.75) is 0 Å². The highest BCUT2D eigenvalue weighted by Gasteiger charge is 2.14. The lowest BCUT2D eigenvalue weighted by atomic mass is 10.1. The number of thiophene rings is 1. The molecule has 0 aliphatic rings. The molecule has 1 N–H and O–H groups in total. The van der Waals surface area contributed by atoms with Gasteiger partial charge < -0.3 is 5.11 Å². The van der Waals surface area contributed by atoms with Crippen LogP contribution in [0.4, 0.5) is 0 Å². The summed E-state index contributed by atoms with van der Waals surface area (Å²) in [6, 6.07) is 9.50. The zero-order chi connectivity index (χ0) is 11.3. The van der Waals surface area contributed by atoms with Crippen molar-refractivity contribution in [2.24, 2.45) is 0 Å². The number of aromatic hydroxyl groups is 1. The van der Waals surface area contributed by atoms with Crippen LogP contribution in [0.3, 0.4) is 0 Å². The fraction of sp³-hybridized carbons (Fsp3) is 0. The van der Waals surface area contributed by atoms with Crippen LogP contribution < -0.4 is 0 Å². The van der Waals surface area contributed by atoms with E-state index in [0.29, 0.717) is 10.0 Å². The van der Waals surface area contributed by atoms with E-state index in [4.69, 9.17) is 23.2 Å². The molecule has 0 aliphatic heterocycles. The van der Waals surface area contributed by atoms with Gasteiger partial charge in [-0.15, -0.1) is 11.3 Å². The molecule has 0 saturated carbocycles. The first-order valence-corrected chi connectivity index (χ1v) is 6.24. The Morgan fingerprint density at radius 3 is 2.62 bits per heavy atom. The maximum atomic E-state index is 9.90. The number of hydrogen-bond donors (Lipinski definition) is 1. The van der Waals surface area contributed by atoms with E-state index >= 15 is 0 Å². The number of phenols is 1. The highest BCUT2D eigenvalue weighted by atomic mass is 35.5. The average Bonchev–Trinajstić information content (AvgIpc) is 2.65. The summed E-state index contributed by atoms with van der Waals surface area (Å²) in [5, 5.41) is 12.7. The van der Waals surface area contributed by atoms with Crippen molar-refractivity contribution in [1.82, 2.24) is 0 Å². The van der Waals surface area contributed by atoms with Gasteiger partial charge in [-0.3, -0.25) is 0 Å². The van der Waals surface area contributed by atoms with E-state index in [-0.39, 0.29) is 5.75 Å². The molecule has 0 unspecified atom stereocenters. The molecule has 3 aromatic rings. The zero-order valence-corrected chi connectivity index (χ0v) is 10.3. The quantitative estimate of drug-likeness (QED) is 0.604. The lowest BCUT2D eigenvalue weighted by molar-refractivity contribution is 0.483. The van der Waals surface area contributed by atoms with E-state index in [1.54, 1.807) is 6.07 Å². The van der Waals surface area contributed by atoms with Crippen molar-refractivity contribution < 1.29 is 5.11 Å². The summed E-state index contributed by atoms with van der Waals surface area (Å²) < 4.78 is 1.84. The van der Waals surface area contributed by atoms with Crippen LogP contribution in [0.5, 0.6) is 5.75 Å². The van der Waals surface area contributed by atoms with Crippen LogP contribution in [0.1, 0.15) is 0 Å². The predicted octanol–water partition coefficient (Wildman–Crippen LogP) is 5.07. The third-order valence-corrected chi connectivity index (χ3v) is 4.29.